The summed E-state index contributed by atoms with van der Waals surface area (Å²) in [5.74, 6) is 0. The van der Waals surface area contributed by atoms with Crippen molar-refractivity contribution in [1.82, 2.24) is 14.7 Å². The van der Waals surface area contributed by atoms with Gasteiger partial charge >= 0.3 is 0 Å². The highest BCUT2D eigenvalue weighted by molar-refractivity contribution is 7.91. The summed E-state index contributed by atoms with van der Waals surface area (Å²) in [6.45, 7) is 3.70. The smallest absolute Gasteiger partial charge is 0.252 e. The molecule has 0 aliphatic heterocycles. The molecule has 18 heavy (non-hydrogen) atoms. The third-order valence-corrected chi connectivity index (χ3v) is 6.21. The summed E-state index contributed by atoms with van der Waals surface area (Å²) in [5.41, 5.74) is 8.45. The second-order valence-electron chi connectivity index (χ2n) is 3.61. The van der Waals surface area contributed by atoms with Gasteiger partial charge in [-0.15, -0.1) is 11.3 Å². The Balaban J connectivity index is 2.18. The van der Waals surface area contributed by atoms with Crippen LogP contribution >= 0.6 is 22.7 Å². The van der Waals surface area contributed by atoms with Crippen LogP contribution in [0.5, 0.6) is 0 Å². The fourth-order valence-electron chi connectivity index (χ4n) is 1.37. The fourth-order valence-corrected chi connectivity index (χ4v) is 4.52. The van der Waals surface area contributed by atoms with Gasteiger partial charge in [0.2, 0.25) is 0 Å². The van der Waals surface area contributed by atoms with Gasteiger partial charge in [-0.05, 0) is 13.8 Å². The average molecular weight is 304 g/mol. The third-order valence-electron chi connectivity index (χ3n) is 2.28. The van der Waals surface area contributed by atoms with Gasteiger partial charge in [-0.25, -0.2) is 23.1 Å². The molecule has 0 unspecified atom stereocenters. The van der Waals surface area contributed by atoms with E-state index in [-0.39, 0.29) is 15.9 Å². The molecule has 2 aromatic heterocycles. The van der Waals surface area contributed by atoms with E-state index in [1.54, 1.807) is 12.4 Å². The number of nitrogens with zero attached hydrogens (tertiary/aromatic N) is 2. The second-order valence-corrected chi connectivity index (χ2v) is 7.54. The summed E-state index contributed by atoms with van der Waals surface area (Å²) in [6, 6.07) is 0. The van der Waals surface area contributed by atoms with Gasteiger partial charge in [-0.2, -0.15) is 0 Å². The summed E-state index contributed by atoms with van der Waals surface area (Å²) >= 11 is 2.39. The van der Waals surface area contributed by atoms with E-state index in [1.807, 2.05) is 6.92 Å². The molecule has 2 heterocycles. The highest BCUT2D eigenvalue weighted by Crippen LogP contribution is 2.25. The Morgan fingerprint density at radius 1 is 1.39 bits per heavy atom. The lowest BCUT2D eigenvalue weighted by atomic mass is 10.4. The van der Waals surface area contributed by atoms with Gasteiger partial charge in [-0.1, -0.05) is 11.3 Å². The van der Waals surface area contributed by atoms with Crippen molar-refractivity contribution in [2.45, 2.75) is 24.6 Å². The van der Waals surface area contributed by atoms with E-state index in [9.17, 15) is 8.42 Å². The van der Waals surface area contributed by atoms with Crippen molar-refractivity contribution in [2.24, 2.45) is 0 Å². The number of hydrogen-bond acceptors (Lipinski definition) is 7. The number of nitrogen functional groups attached to an aromatic ring is 1. The molecule has 0 spiro atoms. The minimum Gasteiger partial charge on any atom is -0.375 e. The Bertz CT molecular complexity index is 659. The SMILES string of the molecule is Cc1ncsc1CNS(=O)(=O)c1sc(N)nc1C. The molecule has 2 aromatic rings. The minimum atomic E-state index is -3.56. The van der Waals surface area contributed by atoms with Crippen LogP contribution in [0.3, 0.4) is 0 Å². The van der Waals surface area contributed by atoms with Crippen LogP contribution in [0.4, 0.5) is 5.13 Å². The van der Waals surface area contributed by atoms with Crippen LogP contribution in [-0.2, 0) is 16.6 Å². The molecular weight excluding hydrogens is 292 g/mol. The van der Waals surface area contributed by atoms with Gasteiger partial charge in [0.15, 0.2) is 9.34 Å². The number of rotatable bonds is 4. The topological polar surface area (TPSA) is 98.0 Å². The van der Waals surface area contributed by atoms with Gasteiger partial charge in [0, 0.05) is 11.4 Å². The maximum absolute atomic E-state index is 12.1. The van der Waals surface area contributed by atoms with Crippen molar-refractivity contribution in [3.63, 3.8) is 0 Å². The molecule has 0 bridgehead atoms. The van der Waals surface area contributed by atoms with Crippen LogP contribution in [0.25, 0.3) is 0 Å². The Hall–Kier alpha value is -1.03. The van der Waals surface area contributed by atoms with E-state index in [1.165, 1.54) is 11.3 Å². The zero-order chi connectivity index (χ0) is 13.3. The molecule has 0 atom stereocenters. The largest absolute Gasteiger partial charge is 0.375 e. The summed E-state index contributed by atoms with van der Waals surface area (Å²) in [6.07, 6.45) is 0. The van der Waals surface area contributed by atoms with Crippen LogP contribution < -0.4 is 10.5 Å². The molecule has 2 rings (SSSR count). The zero-order valence-corrected chi connectivity index (χ0v) is 12.2. The molecule has 0 saturated heterocycles. The minimum absolute atomic E-state index is 0.169. The fraction of sp³-hybridized carbons (Fsp3) is 0.333. The number of aryl methyl sites for hydroxylation is 2. The second kappa shape index (κ2) is 4.92. The quantitative estimate of drug-likeness (QED) is 0.886. The van der Waals surface area contributed by atoms with E-state index in [2.05, 4.69) is 14.7 Å². The molecule has 0 aromatic carbocycles. The Morgan fingerprint density at radius 3 is 2.61 bits per heavy atom. The molecule has 3 N–H and O–H groups in total. The predicted molar refractivity (Wildman–Crippen MR) is 72.1 cm³/mol. The summed E-state index contributed by atoms with van der Waals surface area (Å²) in [7, 11) is -3.56. The molecule has 0 fully saturated rings. The van der Waals surface area contributed by atoms with Gasteiger partial charge in [-0.3, -0.25) is 0 Å². The van der Waals surface area contributed by atoms with E-state index in [4.69, 9.17) is 5.73 Å². The van der Waals surface area contributed by atoms with E-state index in [0.29, 0.717) is 5.69 Å². The lowest BCUT2D eigenvalue weighted by Gasteiger charge is -2.04. The number of anilines is 1. The van der Waals surface area contributed by atoms with Crippen LogP contribution in [0.15, 0.2) is 9.72 Å². The maximum Gasteiger partial charge on any atom is 0.252 e. The molecule has 98 valence electrons. The Morgan fingerprint density at radius 2 is 2.11 bits per heavy atom. The molecule has 0 aliphatic carbocycles. The highest BCUT2D eigenvalue weighted by Gasteiger charge is 2.21. The molecular formula is C9H12N4O2S3. The first kappa shape index (κ1) is 13.4. The lowest BCUT2D eigenvalue weighted by molar-refractivity contribution is 0.583. The van der Waals surface area contributed by atoms with E-state index < -0.39 is 10.0 Å². The molecule has 9 heteroatoms. The maximum atomic E-state index is 12.1. The Labute approximate surface area is 113 Å². The van der Waals surface area contributed by atoms with Gasteiger partial charge < -0.3 is 5.73 Å². The van der Waals surface area contributed by atoms with Gasteiger partial charge in [0.25, 0.3) is 10.0 Å². The number of nitrogens with two attached hydrogens (primary N) is 1. The summed E-state index contributed by atoms with van der Waals surface area (Å²) < 4.78 is 26.8. The van der Waals surface area contributed by atoms with Crippen LogP contribution in [-0.4, -0.2) is 18.4 Å². The van der Waals surface area contributed by atoms with Crippen LogP contribution in [0, 0.1) is 13.8 Å². The number of sulfonamides is 1. The van der Waals surface area contributed by atoms with Gasteiger partial charge in [0.05, 0.1) is 16.9 Å². The molecule has 0 aliphatic rings. The molecule has 6 nitrogen and oxygen atoms in total. The third kappa shape index (κ3) is 2.69. The van der Waals surface area contributed by atoms with Crippen molar-refractivity contribution in [3.05, 3.63) is 21.8 Å². The first-order chi connectivity index (χ1) is 8.40. The summed E-state index contributed by atoms with van der Waals surface area (Å²) in [4.78, 5) is 8.87. The number of aromatic nitrogens is 2. The zero-order valence-electron chi connectivity index (χ0n) is 9.80. The van der Waals surface area contributed by atoms with E-state index in [0.717, 1.165) is 21.9 Å². The predicted octanol–water partition coefficient (Wildman–Crippen LogP) is 1.28. The van der Waals surface area contributed by atoms with Crippen LogP contribution in [0.2, 0.25) is 0 Å². The number of hydrogen-bond donors (Lipinski definition) is 2. The van der Waals surface area contributed by atoms with Crippen LogP contribution in [0.1, 0.15) is 16.3 Å². The monoisotopic (exact) mass is 304 g/mol. The highest BCUT2D eigenvalue weighted by atomic mass is 32.2. The first-order valence-corrected chi connectivity index (χ1v) is 8.19. The van der Waals surface area contributed by atoms with Crippen molar-refractivity contribution in [2.75, 3.05) is 5.73 Å². The number of nitrogens with one attached hydrogen (secondary N) is 1. The molecule has 0 radical (unpaired) electrons. The standard InChI is InChI=1S/C9H12N4O2S3/c1-5-7(16-4-11-5)3-12-18(14,15)8-6(2)13-9(10)17-8/h4,12H,3H2,1-2H3,(H2,10,13). The number of thiazole rings is 2. The molecule has 0 amide bonds. The van der Waals surface area contributed by atoms with E-state index >= 15 is 0 Å². The van der Waals surface area contributed by atoms with Crippen molar-refractivity contribution >= 4 is 37.8 Å². The average Bonchev–Trinajstić information content (AvgIpc) is 2.82. The van der Waals surface area contributed by atoms with Crippen molar-refractivity contribution in [3.8, 4) is 0 Å². The summed E-state index contributed by atoms with van der Waals surface area (Å²) in [5, 5.41) is 0.252. The molecule has 0 saturated carbocycles. The van der Waals surface area contributed by atoms with Crippen molar-refractivity contribution in [1.29, 1.82) is 0 Å². The van der Waals surface area contributed by atoms with Crippen molar-refractivity contribution < 1.29 is 8.42 Å². The lowest BCUT2D eigenvalue weighted by Crippen LogP contribution is -2.23. The Kier molecular flexibility index (Phi) is 3.66. The normalized spacial score (nSPS) is 11.9. The first-order valence-electron chi connectivity index (χ1n) is 5.01. The van der Waals surface area contributed by atoms with Gasteiger partial charge in [0.1, 0.15) is 0 Å².